The Balaban J connectivity index is 1.73. The molecule has 1 aromatic carbocycles. The number of carbonyl (C=O) groups excluding carboxylic acids is 1. The fraction of sp³-hybridized carbons (Fsp3) is 0.0952. The van der Waals surface area contributed by atoms with Crippen LogP contribution in [0.25, 0.3) is 22.2 Å². The summed E-state index contributed by atoms with van der Waals surface area (Å²) in [5, 5.41) is 3.63. The quantitative estimate of drug-likeness (QED) is 0.604. The maximum atomic E-state index is 13.6. The van der Waals surface area contributed by atoms with E-state index in [9.17, 15) is 9.18 Å². The van der Waals surface area contributed by atoms with Crippen LogP contribution < -0.4 is 5.32 Å². The van der Waals surface area contributed by atoms with Crippen LogP contribution in [0.15, 0.2) is 67.1 Å². The Labute approximate surface area is 155 Å². The molecule has 1 N–H and O–H groups in total. The number of nitrogens with zero attached hydrogens (tertiary/aromatic N) is 3. The van der Waals surface area contributed by atoms with Crippen LogP contribution in [0.1, 0.15) is 16.1 Å². The summed E-state index contributed by atoms with van der Waals surface area (Å²) in [5.74, 6) is -0.628. The van der Waals surface area contributed by atoms with Crippen molar-refractivity contribution in [2.75, 3.05) is 0 Å². The molecular formula is C21H17FN4O. The molecule has 0 saturated carbocycles. The van der Waals surface area contributed by atoms with Crippen LogP contribution in [0.3, 0.4) is 0 Å². The lowest BCUT2D eigenvalue weighted by atomic mass is 10.1. The highest BCUT2D eigenvalue weighted by Gasteiger charge is 2.16. The van der Waals surface area contributed by atoms with Crippen molar-refractivity contribution < 1.29 is 9.18 Å². The van der Waals surface area contributed by atoms with E-state index in [0.717, 1.165) is 16.5 Å². The lowest BCUT2D eigenvalue weighted by molar-refractivity contribution is 0.0948. The summed E-state index contributed by atoms with van der Waals surface area (Å²) in [7, 11) is 1.90. The van der Waals surface area contributed by atoms with Crippen molar-refractivity contribution in [1.29, 1.82) is 0 Å². The maximum absolute atomic E-state index is 13.6. The van der Waals surface area contributed by atoms with Gasteiger partial charge in [-0.3, -0.25) is 9.78 Å². The van der Waals surface area contributed by atoms with Crippen LogP contribution in [0.4, 0.5) is 4.39 Å². The number of pyridine rings is 2. The Morgan fingerprint density at radius 3 is 2.85 bits per heavy atom. The fourth-order valence-corrected chi connectivity index (χ4v) is 3.00. The normalized spacial score (nSPS) is 10.9. The van der Waals surface area contributed by atoms with E-state index >= 15 is 0 Å². The van der Waals surface area contributed by atoms with Gasteiger partial charge in [0, 0.05) is 43.1 Å². The van der Waals surface area contributed by atoms with Gasteiger partial charge in [0.2, 0.25) is 0 Å². The molecular weight excluding hydrogens is 343 g/mol. The number of aromatic nitrogens is 3. The van der Waals surface area contributed by atoms with Gasteiger partial charge in [-0.1, -0.05) is 18.2 Å². The topological polar surface area (TPSA) is 59.8 Å². The van der Waals surface area contributed by atoms with Gasteiger partial charge in [0.1, 0.15) is 11.5 Å². The SMILES string of the molecule is Cn1ccc2c(C(=O)NCc3cccnc3)nc(-c3cccc(F)c3)cc21. The van der Waals surface area contributed by atoms with E-state index in [1.54, 1.807) is 24.5 Å². The van der Waals surface area contributed by atoms with Crippen molar-refractivity contribution in [2.45, 2.75) is 6.54 Å². The number of amides is 1. The monoisotopic (exact) mass is 360 g/mol. The highest BCUT2D eigenvalue weighted by Crippen LogP contribution is 2.26. The number of fused-ring (bicyclic) bond motifs is 1. The van der Waals surface area contributed by atoms with Crippen molar-refractivity contribution in [3.8, 4) is 11.3 Å². The molecule has 4 rings (SSSR count). The summed E-state index contributed by atoms with van der Waals surface area (Å²) in [6, 6.07) is 13.6. The van der Waals surface area contributed by atoms with Gasteiger partial charge >= 0.3 is 0 Å². The van der Waals surface area contributed by atoms with E-state index in [4.69, 9.17) is 0 Å². The lowest BCUT2D eigenvalue weighted by Gasteiger charge is -2.09. The average molecular weight is 360 g/mol. The first-order valence-corrected chi connectivity index (χ1v) is 8.51. The van der Waals surface area contributed by atoms with E-state index in [2.05, 4.69) is 15.3 Å². The molecule has 0 saturated heterocycles. The predicted molar refractivity (Wildman–Crippen MR) is 102 cm³/mol. The molecule has 0 aliphatic heterocycles. The number of rotatable bonds is 4. The molecule has 0 fully saturated rings. The molecule has 0 bridgehead atoms. The Bertz CT molecular complexity index is 1120. The molecule has 27 heavy (non-hydrogen) atoms. The summed E-state index contributed by atoms with van der Waals surface area (Å²) in [6.45, 7) is 0.354. The number of benzene rings is 1. The summed E-state index contributed by atoms with van der Waals surface area (Å²) >= 11 is 0. The molecule has 0 unspecified atom stereocenters. The highest BCUT2D eigenvalue weighted by atomic mass is 19.1. The molecule has 1 amide bonds. The second-order valence-corrected chi connectivity index (χ2v) is 6.27. The van der Waals surface area contributed by atoms with E-state index in [1.807, 2.05) is 42.1 Å². The number of hydrogen-bond donors (Lipinski definition) is 1. The molecule has 0 aliphatic rings. The Morgan fingerprint density at radius 1 is 1.19 bits per heavy atom. The minimum atomic E-state index is -0.344. The summed E-state index contributed by atoms with van der Waals surface area (Å²) in [6.07, 6.45) is 5.26. The van der Waals surface area contributed by atoms with Gasteiger partial charge in [0.05, 0.1) is 11.2 Å². The number of aryl methyl sites for hydroxylation is 1. The van der Waals surface area contributed by atoms with Crippen LogP contribution in [-0.4, -0.2) is 20.4 Å². The van der Waals surface area contributed by atoms with Crippen molar-refractivity contribution in [3.05, 3.63) is 84.2 Å². The van der Waals surface area contributed by atoms with Gasteiger partial charge in [0.25, 0.3) is 5.91 Å². The van der Waals surface area contributed by atoms with Crippen LogP contribution in [-0.2, 0) is 13.6 Å². The van der Waals surface area contributed by atoms with E-state index in [1.165, 1.54) is 12.1 Å². The van der Waals surface area contributed by atoms with E-state index in [0.29, 0.717) is 23.5 Å². The van der Waals surface area contributed by atoms with Crippen LogP contribution in [0, 0.1) is 5.82 Å². The third kappa shape index (κ3) is 3.42. The molecule has 0 radical (unpaired) electrons. The van der Waals surface area contributed by atoms with Crippen molar-refractivity contribution in [3.63, 3.8) is 0 Å². The van der Waals surface area contributed by atoms with Gasteiger partial charge in [-0.15, -0.1) is 0 Å². The lowest BCUT2D eigenvalue weighted by Crippen LogP contribution is -2.24. The molecule has 4 aromatic rings. The van der Waals surface area contributed by atoms with Crippen LogP contribution in [0.2, 0.25) is 0 Å². The zero-order chi connectivity index (χ0) is 18.8. The second kappa shape index (κ2) is 6.99. The van der Waals surface area contributed by atoms with Gasteiger partial charge in [-0.25, -0.2) is 9.37 Å². The number of nitrogens with one attached hydrogen (secondary N) is 1. The van der Waals surface area contributed by atoms with E-state index < -0.39 is 0 Å². The number of halogens is 1. The first-order chi connectivity index (χ1) is 13.1. The third-order valence-corrected chi connectivity index (χ3v) is 4.39. The minimum absolute atomic E-state index is 0.284. The minimum Gasteiger partial charge on any atom is -0.350 e. The zero-order valence-corrected chi connectivity index (χ0v) is 14.7. The maximum Gasteiger partial charge on any atom is 0.270 e. The van der Waals surface area contributed by atoms with Gasteiger partial charge in [-0.05, 0) is 35.9 Å². The molecule has 134 valence electrons. The predicted octanol–water partition coefficient (Wildman–Crippen LogP) is 3.70. The Morgan fingerprint density at radius 2 is 2.07 bits per heavy atom. The molecule has 6 heteroatoms. The second-order valence-electron chi connectivity index (χ2n) is 6.27. The zero-order valence-electron chi connectivity index (χ0n) is 14.7. The summed E-state index contributed by atoms with van der Waals surface area (Å²) < 4.78 is 15.5. The molecule has 0 atom stereocenters. The average Bonchev–Trinajstić information content (AvgIpc) is 3.07. The molecule has 0 spiro atoms. The standard InChI is InChI=1S/C21H17FN4O/c1-26-9-7-17-19(26)11-18(15-5-2-6-16(22)10-15)25-20(17)21(27)24-13-14-4-3-8-23-12-14/h2-12H,13H2,1H3,(H,24,27). The fourth-order valence-electron chi connectivity index (χ4n) is 3.00. The first kappa shape index (κ1) is 16.9. The smallest absolute Gasteiger partial charge is 0.270 e. The molecule has 3 heterocycles. The highest BCUT2D eigenvalue weighted by molar-refractivity contribution is 6.05. The number of carbonyl (C=O) groups is 1. The Kier molecular flexibility index (Phi) is 4.38. The van der Waals surface area contributed by atoms with Crippen LogP contribution >= 0.6 is 0 Å². The molecule has 0 aliphatic carbocycles. The first-order valence-electron chi connectivity index (χ1n) is 8.51. The van der Waals surface area contributed by atoms with Crippen molar-refractivity contribution >= 4 is 16.8 Å². The van der Waals surface area contributed by atoms with Gasteiger partial charge in [0.15, 0.2) is 0 Å². The van der Waals surface area contributed by atoms with E-state index in [-0.39, 0.29) is 11.7 Å². The summed E-state index contributed by atoms with van der Waals surface area (Å²) in [5.41, 5.74) is 3.25. The van der Waals surface area contributed by atoms with Crippen molar-refractivity contribution in [2.24, 2.45) is 7.05 Å². The van der Waals surface area contributed by atoms with Gasteiger partial charge in [-0.2, -0.15) is 0 Å². The molecule has 5 nitrogen and oxygen atoms in total. The third-order valence-electron chi connectivity index (χ3n) is 4.39. The summed E-state index contributed by atoms with van der Waals surface area (Å²) in [4.78, 5) is 21.4. The van der Waals surface area contributed by atoms with Crippen molar-refractivity contribution in [1.82, 2.24) is 19.9 Å². The Hall–Kier alpha value is -3.54. The molecule has 3 aromatic heterocycles. The van der Waals surface area contributed by atoms with Crippen LogP contribution in [0.5, 0.6) is 0 Å². The van der Waals surface area contributed by atoms with Gasteiger partial charge < -0.3 is 9.88 Å². The largest absolute Gasteiger partial charge is 0.350 e. The number of hydrogen-bond acceptors (Lipinski definition) is 3.